The maximum Gasteiger partial charge on any atom is 0.0902 e. The summed E-state index contributed by atoms with van der Waals surface area (Å²) in [5.41, 5.74) is 1.04. The van der Waals surface area contributed by atoms with Gasteiger partial charge in [0.15, 0.2) is 0 Å². The van der Waals surface area contributed by atoms with E-state index in [0.717, 1.165) is 5.44 Å². The molecular formula is C16H13N2P. The average Bonchev–Trinajstić information content (AvgIpc) is 2.51. The van der Waals surface area contributed by atoms with Crippen LogP contribution in [-0.4, -0.2) is 9.97 Å². The third kappa shape index (κ3) is 2.69. The van der Waals surface area contributed by atoms with Gasteiger partial charge in [-0.1, -0.05) is 60.7 Å². The molecular weight excluding hydrogens is 251 g/mol. The number of rotatable bonds is 3. The van der Waals surface area contributed by atoms with Crippen LogP contribution >= 0.6 is 7.92 Å². The first kappa shape index (κ1) is 12.0. The normalized spacial score (nSPS) is 10.6. The summed E-state index contributed by atoms with van der Waals surface area (Å²) in [5.74, 6) is 0. The molecule has 1 heterocycles. The Labute approximate surface area is 113 Å². The summed E-state index contributed by atoms with van der Waals surface area (Å²) in [7, 11) is -0.620. The molecule has 0 radical (unpaired) electrons. The lowest BCUT2D eigenvalue weighted by molar-refractivity contribution is 1.24. The highest BCUT2D eigenvalue weighted by atomic mass is 31.1. The van der Waals surface area contributed by atoms with E-state index in [9.17, 15) is 0 Å². The van der Waals surface area contributed by atoms with E-state index < -0.39 is 7.92 Å². The number of hydrogen-bond acceptors (Lipinski definition) is 2. The van der Waals surface area contributed by atoms with Crippen LogP contribution in [0.1, 0.15) is 0 Å². The largest absolute Gasteiger partial charge is 0.261 e. The maximum absolute atomic E-state index is 4.50. The van der Waals surface area contributed by atoms with E-state index in [1.807, 2.05) is 18.3 Å². The van der Waals surface area contributed by atoms with Crippen molar-refractivity contribution in [1.82, 2.24) is 9.97 Å². The van der Waals surface area contributed by atoms with Crippen LogP contribution in [0.4, 0.5) is 0 Å². The van der Waals surface area contributed by atoms with Crippen molar-refractivity contribution < 1.29 is 0 Å². The summed E-state index contributed by atoms with van der Waals surface area (Å²) in [6, 6.07) is 21.0. The minimum Gasteiger partial charge on any atom is -0.261 e. The highest BCUT2D eigenvalue weighted by molar-refractivity contribution is 7.79. The molecule has 19 heavy (non-hydrogen) atoms. The highest BCUT2D eigenvalue weighted by Gasteiger charge is 2.16. The van der Waals surface area contributed by atoms with Crippen LogP contribution in [0.15, 0.2) is 79.3 Å². The minimum absolute atomic E-state index is 0.620. The Kier molecular flexibility index (Phi) is 3.62. The van der Waals surface area contributed by atoms with Gasteiger partial charge in [-0.25, -0.2) is 0 Å². The molecule has 0 amide bonds. The molecule has 92 valence electrons. The summed E-state index contributed by atoms with van der Waals surface area (Å²) in [6.45, 7) is 0. The monoisotopic (exact) mass is 264 g/mol. The summed E-state index contributed by atoms with van der Waals surface area (Å²) in [4.78, 5) is 8.71. The first-order chi connectivity index (χ1) is 9.45. The fourth-order valence-electron chi connectivity index (χ4n) is 1.97. The van der Waals surface area contributed by atoms with Crippen molar-refractivity contribution in [2.24, 2.45) is 0 Å². The molecule has 0 fully saturated rings. The summed E-state index contributed by atoms with van der Waals surface area (Å²) in [6.07, 6.45) is 5.34. The van der Waals surface area contributed by atoms with Gasteiger partial charge in [-0.05, 0) is 10.6 Å². The second-order valence-electron chi connectivity index (χ2n) is 4.07. The van der Waals surface area contributed by atoms with Gasteiger partial charge in [-0.15, -0.1) is 0 Å². The van der Waals surface area contributed by atoms with Crippen LogP contribution in [0.5, 0.6) is 0 Å². The zero-order chi connectivity index (χ0) is 12.9. The van der Waals surface area contributed by atoms with E-state index in [1.54, 1.807) is 12.4 Å². The molecule has 2 aromatic carbocycles. The van der Waals surface area contributed by atoms with Crippen LogP contribution in [0, 0.1) is 0 Å². The molecule has 3 heteroatoms. The lowest BCUT2D eigenvalue weighted by Gasteiger charge is -2.17. The molecule has 0 aliphatic heterocycles. The van der Waals surface area contributed by atoms with Gasteiger partial charge < -0.3 is 0 Å². The third-order valence-electron chi connectivity index (χ3n) is 2.81. The van der Waals surface area contributed by atoms with Gasteiger partial charge in [0.05, 0.1) is 11.6 Å². The molecule has 3 rings (SSSR count). The molecule has 0 aliphatic rings. The van der Waals surface area contributed by atoms with Gasteiger partial charge in [0.1, 0.15) is 0 Å². The van der Waals surface area contributed by atoms with E-state index in [2.05, 4.69) is 58.5 Å². The van der Waals surface area contributed by atoms with Gasteiger partial charge >= 0.3 is 0 Å². The Bertz CT molecular complexity index is 533. The molecule has 0 saturated heterocycles. The van der Waals surface area contributed by atoms with Gasteiger partial charge in [0, 0.05) is 20.3 Å². The molecule has 0 spiro atoms. The Morgan fingerprint density at radius 1 is 0.684 bits per heavy atom. The lowest BCUT2D eigenvalue weighted by Crippen LogP contribution is -2.22. The van der Waals surface area contributed by atoms with Gasteiger partial charge in [-0.3, -0.25) is 9.97 Å². The predicted molar refractivity (Wildman–Crippen MR) is 80.7 cm³/mol. The summed E-state index contributed by atoms with van der Waals surface area (Å²) >= 11 is 0. The Morgan fingerprint density at radius 3 is 1.74 bits per heavy atom. The SMILES string of the molecule is c1ccc(P(c2ccccc2)c2cnccn2)cc1. The van der Waals surface area contributed by atoms with E-state index in [-0.39, 0.29) is 0 Å². The predicted octanol–water partition coefficient (Wildman–Crippen LogP) is 2.23. The van der Waals surface area contributed by atoms with Crippen molar-refractivity contribution in [3.63, 3.8) is 0 Å². The molecule has 0 bridgehead atoms. The fraction of sp³-hybridized carbons (Fsp3) is 0. The second-order valence-corrected chi connectivity index (χ2v) is 6.23. The van der Waals surface area contributed by atoms with E-state index in [1.165, 1.54) is 10.6 Å². The maximum atomic E-state index is 4.50. The molecule has 0 N–H and O–H groups in total. The minimum atomic E-state index is -0.620. The molecule has 0 atom stereocenters. The Hall–Kier alpha value is -2.05. The second kappa shape index (κ2) is 5.73. The molecule has 2 nitrogen and oxygen atoms in total. The van der Waals surface area contributed by atoms with Crippen molar-refractivity contribution in [2.75, 3.05) is 0 Å². The van der Waals surface area contributed by atoms with Gasteiger partial charge in [0.25, 0.3) is 0 Å². The van der Waals surface area contributed by atoms with E-state index in [0.29, 0.717) is 0 Å². The number of benzene rings is 2. The number of nitrogens with zero attached hydrogens (tertiary/aromatic N) is 2. The molecule has 0 saturated carbocycles. The zero-order valence-corrected chi connectivity index (χ0v) is 11.2. The van der Waals surface area contributed by atoms with Gasteiger partial charge in [0.2, 0.25) is 0 Å². The van der Waals surface area contributed by atoms with E-state index in [4.69, 9.17) is 0 Å². The summed E-state index contributed by atoms with van der Waals surface area (Å²) in [5, 5.41) is 2.59. The quantitative estimate of drug-likeness (QED) is 0.678. The zero-order valence-electron chi connectivity index (χ0n) is 10.3. The summed E-state index contributed by atoms with van der Waals surface area (Å²) < 4.78 is 0. The van der Waals surface area contributed by atoms with Crippen LogP contribution in [-0.2, 0) is 0 Å². The topological polar surface area (TPSA) is 25.8 Å². The Morgan fingerprint density at radius 2 is 1.26 bits per heavy atom. The van der Waals surface area contributed by atoms with Crippen molar-refractivity contribution in [3.8, 4) is 0 Å². The molecule has 0 unspecified atom stereocenters. The van der Waals surface area contributed by atoms with Crippen molar-refractivity contribution in [1.29, 1.82) is 0 Å². The number of hydrogen-bond donors (Lipinski definition) is 0. The number of aromatic nitrogens is 2. The van der Waals surface area contributed by atoms with Crippen LogP contribution < -0.4 is 16.0 Å². The van der Waals surface area contributed by atoms with Crippen molar-refractivity contribution >= 4 is 24.0 Å². The molecule has 3 aromatic rings. The van der Waals surface area contributed by atoms with Crippen LogP contribution in [0.3, 0.4) is 0 Å². The molecule has 0 aliphatic carbocycles. The standard InChI is InChI=1S/C16H13N2P/c1-3-7-14(8-4-1)19(15-9-5-2-6-10-15)16-13-17-11-12-18-16/h1-13H. The first-order valence-electron chi connectivity index (χ1n) is 6.11. The van der Waals surface area contributed by atoms with E-state index >= 15 is 0 Å². The van der Waals surface area contributed by atoms with Crippen LogP contribution in [0.2, 0.25) is 0 Å². The van der Waals surface area contributed by atoms with Gasteiger partial charge in [-0.2, -0.15) is 0 Å². The smallest absolute Gasteiger partial charge is 0.0902 e. The average molecular weight is 264 g/mol. The van der Waals surface area contributed by atoms with Crippen molar-refractivity contribution in [3.05, 3.63) is 79.3 Å². The van der Waals surface area contributed by atoms with Crippen LogP contribution in [0.25, 0.3) is 0 Å². The third-order valence-corrected chi connectivity index (χ3v) is 5.13. The lowest BCUT2D eigenvalue weighted by atomic mass is 10.4. The highest BCUT2D eigenvalue weighted by Crippen LogP contribution is 2.30. The first-order valence-corrected chi connectivity index (χ1v) is 7.45. The fourth-order valence-corrected chi connectivity index (χ4v) is 4.11. The Balaban J connectivity index is 2.12. The molecule has 1 aromatic heterocycles. The van der Waals surface area contributed by atoms with Crippen molar-refractivity contribution in [2.45, 2.75) is 0 Å².